The molecule has 0 N–H and O–H groups in total. The second-order valence-electron chi connectivity index (χ2n) is 5.68. The van der Waals surface area contributed by atoms with Crippen LogP contribution in [0.3, 0.4) is 0 Å². The predicted molar refractivity (Wildman–Crippen MR) is 79.5 cm³/mol. The van der Waals surface area contributed by atoms with Crippen LogP contribution >= 0.6 is 0 Å². The molecular weight excluding hydrogens is 268 g/mol. The number of esters is 2. The van der Waals surface area contributed by atoms with Crippen LogP contribution in [0, 0.1) is 6.92 Å². The zero-order valence-electron chi connectivity index (χ0n) is 13.1. The summed E-state index contributed by atoms with van der Waals surface area (Å²) in [7, 11) is 0. The molecule has 0 unspecified atom stereocenters. The molecule has 1 aromatic rings. The van der Waals surface area contributed by atoms with Crippen LogP contribution in [0.4, 0.5) is 0 Å². The minimum Gasteiger partial charge on any atom is -0.466 e. The van der Waals surface area contributed by atoms with Crippen molar-refractivity contribution in [1.82, 2.24) is 0 Å². The molecular formula is C17H22O4. The zero-order valence-corrected chi connectivity index (χ0v) is 13.1. The first-order chi connectivity index (χ1) is 9.92. The van der Waals surface area contributed by atoms with Crippen LogP contribution in [0.25, 0.3) is 0 Å². The lowest BCUT2D eigenvalue weighted by molar-refractivity contribution is -0.143. The van der Waals surface area contributed by atoms with Gasteiger partial charge in [0.2, 0.25) is 0 Å². The number of aryl methyl sites for hydroxylation is 1. The van der Waals surface area contributed by atoms with Crippen molar-refractivity contribution in [2.24, 2.45) is 0 Å². The third-order valence-corrected chi connectivity index (χ3v) is 3.96. The van der Waals surface area contributed by atoms with E-state index in [9.17, 15) is 9.59 Å². The smallest absolute Gasteiger partial charge is 0.308 e. The van der Waals surface area contributed by atoms with Crippen LogP contribution in [-0.4, -0.2) is 18.5 Å². The molecule has 0 fully saturated rings. The molecule has 1 aliphatic rings. The van der Waals surface area contributed by atoms with E-state index in [-0.39, 0.29) is 17.9 Å². The van der Waals surface area contributed by atoms with Crippen molar-refractivity contribution in [2.45, 2.75) is 52.4 Å². The molecule has 0 amide bonds. The third kappa shape index (κ3) is 3.43. The molecule has 1 aliphatic carbocycles. The molecule has 0 saturated heterocycles. The molecule has 4 nitrogen and oxygen atoms in total. The summed E-state index contributed by atoms with van der Waals surface area (Å²) in [5.74, 6) is 0.703. The van der Waals surface area contributed by atoms with Gasteiger partial charge in [-0.1, -0.05) is 13.0 Å². The summed E-state index contributed by atoms with van der Waals surface area (Å²) in [5.41, 5.74) is 3.28. The topological polar surface area (TPSA) is 52.6 Å². The lowest BCUT2D eigenvalue weighted by Crippen LogP contribution is -2.09. The van der Waals surface area contributed by atoms with E-state index in [1.807, 2.05) is 26.0 Å². The first kappa shape index (κ1) is 15.5. The fourth-order valence-electron chi connectivity index (χ4n) is 3.07. The van der Waals surface area contributed by atoms with Crippen molar-refractivity contribution >= 4 is 11.9 Å². The SMILES string of the molecule is CCOC(=O)C[C@@H]1C[C@H](C)c2cc(OC(C)=O)c(C)cc21. The van der Waals surface area contributed by atoms with E-state index in [2.05, 4.69) is 6.92 Å². The Kier molecular flexibility index (Phi) is 4.66. The largest absolute Gasteiger partial charge is 0.466 e. The first-order valence-electron chi connectivity index (χ1n) is 7.40. The number of hydrogen-bond acceptors (Lipinski definition) is 4. The zero-order chi connectivity index (χ0) is 15.6. The van der Waals surface area contributed by atoms with Crippen molar-refractivity contribution < 1.29 is 19.1 Å². The van der Waals surface area contributed by atoms with Gasteiger partial charge in [-0.3, -0.25) is 9.59 Å². The molecule has 114 valence electrons. The van der Waals surface area contributed by atoms with Crippen LogP contribution in [0.2, 0.25) is 0 Å². The molecule has 0 spiro atoms. The highest BCUT2D eigenvalue weighted by Gasteiger charge is 2.31. The number of hydrogen-bond donors (Lipinski definition) is 0. The minimum absolute atomic E-state index is 0.149. The maximum absolute atomic E-state index is 11.7. The summed E-state index contributed by atoms with van der Waals surface area (Å²) < 4.78 is 10.3. The normalized spacial score (nSPS) is 20.0. The third-order valence-electron chi connectivity index (χ3n) is 3.96. The predicted octanol–water partition coefficient (Wildman–Crippen LogP) is 3.46. The Balaban J connectivity index is 2.27. The molecule has 0 saturated carbocycles. The number of carbonyl (C=O) groups excluding carboxylic acids is 2. The number of ether oxygens (including phenoxy) is 2. The fourth-order valence-corrected chi connectivity index (χ4v) is 3.07. The van der Waals surface area contributed by atoms with Crippen molar-refractivity contribution in [2.75, 3.05) is 6.61 Å². The summed E-state index contributed by atoms with van der Waals surface area (Å²) in [6.45, 7) is 7.69. The van der Waals surface area contributed by atoms with E-state index in [0.717, 1.165) is 12.0 Å². The lowest BCUT2D eigenvalue weighted by Gasteiger charge is -2.13. The Labute approximate surface area is 125 Å². The Hall–Kier alpha value is -1.84. The molecule has 0 radical (unpaired) electrons. The first-order valence-corrected chi connectivity index (χ1v) is 7.40. The van der Waals surface area contributed by atoms with Crippen LogP contribution < -0.4 is 4.74 Å². The average Bonchev–Trinajstić information content (AvgIpc) is 2.66. The van der Waals surface area contributed by atoms with E-state index in [1.54, 1.807) is 0 Å². The maximum atomic E-state index is 11.7. The molecule has 0 bridgehead atoms. The van der Waals surface area contributed by atoms with Crippen LogP contribution in [0.1, 0.15) is 62.1 Å². The molecule has 21 heavy (non-hydrogen) atoms. The average molecular weight is 290 g/mol. The second kappa shape index (κ2) is 6.29. The van der Waals surface area contributed by atoms with E-state index < -0.39 is 0 Å². The van der Waals surface area contributed by atoms with Crippen molar-refractivity contribution in [3.8, 4) is 5.75 Å². The molecule has 0 aromatic heterocycles. The lowest BCUT2D eigenvalue weighted by atomic mass is 9.96. The second-order valence-corrected chi connectivity index (χ2v) is 5.68. The molecule has 1 aromatic carbocycles. The number of benzene rings is 1. The van der Waals surface area contributed by atoms with Gasteiger partial charge in [0.25, 0.3) is 0 Å². The Morgan fingerprint density at radius 3 is 2.62 bits per heavy atom. The molecule has 2 rings (SSSR count). The molecule has 4 heteroatoms. The molecule has 2 atom stereocenters. The maximum Gasteiger partial charge on any atom is 0.308 e. The van der Waals surface area contributed by atoms with E-state index >= 15 is 0 Å². The van der Waals surface area contributed by atoms with Gasteiger partial charge in [0, 0.05) is 6.92 Å². The highest BCUT2D eigenvalue weighted by atomic mass is 16.5. The van der Waals surface area contributed by atoms with Crippen LogP contribution in [0.5, 0.6) is 5.75 Å². The van der Waals surface area contributed by atoms with E-state index in [4.69, 9.17) is 9.47 Å². The number of fused-ring (bicyclic) bond motifs is 1. The van der Waals surface area contributed by atoms with Crippen molar-refractivity contribution in [1.29, 1.82) is 0 Å². The Bertz CT molecular complexity index is 562. The Morgan fingerprint density at radius 1 is 1.29 bits per heavy atom. The van der Waals surface area contributed by atoms with Gasteiger partial charge >= 0.3 is 11.9 Å². The fraction of sp³-hybridized carbons (Fsp3) is 0.529. The summed E-state index contributed by atoms with van der Waals surface area (Å²) in [6, 6.07) is 3.99. The van der Waals surface area contributed by atoms with Crippen molar-refractivity contribution in [3.05, 3.63) is 28.8 Å². The van der Waals surface area contributed by atoms with Gasteiger partial charge in [0.05, 0.1) is 13.0 Å². The molecule has 0 heterocycles. The highest BCUT2D eigenvalue weighted by Crippen LogP contribution is 2.45. The standard InChI is InChI=1S/C17H22O4/c1-5-20-17(19)8-13-6-10(2)14-9-16(21-12(4)18)11(3)7-15(13)14/h7,9-10,13H,5-6,8H2,1-4H3/t10-,13-/m0/s1. The van der Waals surface area contributed by atoms with Gasteiger partial charge in [-0.15, -0.1) is 0 Å². The summed E-state index contributed by atoms with van der Waals surface area (Å²) in [6.07, 6.45) is 1.34. The van der Waals surface area contributed by atoms with Crippen LogP contribution in [0.15, 0.2) is 12.1 Å². The summed E-state index contributed by atoms with van der Waals surface area (Å²) >= 11 is 0. The van der Waals surface area contributed by atoms with Gasteiger partial charge in [0.1, 0.15) is 5.75 Å². The number of rotatable bonds is 4. The number of carbonyl (C=O) groups is 2. The van der Waals surface area contributed by atoms with E-state index in [0.29, 0.717) is 24.7 Å². The Morgan fingerprint density at radius 2 is 2.00 bits per heavy atom. The monoisotopic (exact) mass is 290 g/mol. The van der Waals surface area contributed by atoms with Gasteiger partial charge < -0.3 is 9.47 Å². The van der Waals surface area contributed by atoms with Gasteiger partial charge in [-0.25, -0.2) is 0 Å². The summed E-state index contributed by atoms with van der Waals surface area (Å²) in [4.78, 5) is 22.9. The van der Waals surface area contributed by atoms with E-state index in [1.165, 1.54) is 18.1 Å². The van der Waals surface area contributed by atoms with Crippen molar-refractivity contribution in [3.63, 3.8) is 0 Å². The summed E-state index contributed by atoms with van der Waals surface area (Å²) in [5, 5.41) is 0. The van der Waals surface area contributed by atoms with Gasteiger partial charge in [-0.05, 0) is 54.9 Å². The van der Waals surface area contributed by atoms with Crippen LogP contribution in [-0.2, 0) is 14.3 Å². The van der Waals surface area contributed by atoms with Gasteiger partial charge in [0.15, 0.2) is 0 Å². The highest BCUT2D eigenvalue weighted by molar-refractivity contribution is 5.72. The quantitative estimate of drug-likeness (QED) is 0.629. The minimum atomic E-state index is -0.313. The van der Waals surface area contributed by atoms with Gasteiger partial charge in [-0.2, -0.15) is 0 Å². The molecule has 0 aliphatic heterocycles.